The van der Waals surface area contributed by atoms with E-state index >= 15 is 0 Å². The van der Waals surface area contributed by atoms with Gasteiger partial charge >= 0.3 is 5.97 Å². The Kier molecular flexibility index (Phi) is 5.79. The smallest absolute Gasteiger partial charge is 0.336 e. The molecular weight excluding hydrogens is 428 g/mol. The highest BCUT2D eigenvalue weighted by atomic mass is 32.2. The van der Waals surface area contributed by atoms with Gasteiger partial charge in [-0.25, -0.2) is 18.2 Å². The average Bonchev–Trinajstić information content (AvgIpc) is 2.74. The van der Waals surface area contributed by atoms with E-state index in [0.29, 0.717) is 22.3 Å². The van der Waals surface area contributed by atoms with E-state index in [-0.39, 0.29) is 16.1 Å². The lowest BCUT2D eigenvalue weighted by Gasteiger charge is -2.33. The number of carboxylic acid groups (broad SMARTS) is 1. The Morgan fingerprint density at radius 2 is 1.75 bits per heavy atom. The fraction of sp³-hybridized carbons (Fsp3) is 0.304. The van der Waals surface area contributed by atoms with Crippen LogP contribution in [-0.4, -0.2) is 62.6 Å². The highest BCUT2D eigenvalue weighted by Gasteiger charge is 2.21. The van der Waals surface area contributed by atoms with Gasteiger partial charge in [0.05, 0.1) is 16.0 Å². The number of anilines is 2. The van der Waals surface area contributed by atoms with Gasteiger partial charge in [-0.1, -0.05) is 12.1 Å². The van der Waals surface area contributed by atoms with E-state index in [4.69, 9.17) is 0 Å². The van der Waals surface area contributed by atoms with E-state index in [1.165, 1.54) is 6.07 Å². The predicted molar refractivity (Wildman–Crippen MR) is 125 cm³/mol. The summed E-state index contributed by atoms with van der Waals surface area (Å²) in [5.74, 6) is -0.464. The average molecular weight is 455 g/mol. The van der Waals surface area contributed by atoms with Crippen LogP contribution in [0.5, 0.6) is 0 Å². The number of rotatable bonds is 5. The summed E-state index contributed by atoms with van der Waals surface area (Å²) in [4.78, 5) is 21.1. The lowest BCUT2D eigenvalue weighted by molar-refractivity contribution is 0.0699. The molecule has 8 nitrogen and oxygen atoms in total. The third kappa shape index (κ3) is 4.39. The number of pyridine rings is 1. The van der Waals surface area contributed by atoms with Gasteiger partial charge in [-0.05, 0) is 62.4 Å². The molecule has 0 saturated carbocycles. The summed E-state index contributed by atoms with van der Waals surface area (Å²) in [6, 6.07) is 11.6. The van der Waals surface area contributed by atoms with Crippen molar-refractivity contribution in [3.05, 3.63) is 59.2 Å². The molecule has 0 unspecified atom stereocenters. The van der Waals surface area contributed by atoms with Crippen LogP contribution in [0.25, 0.3) is 10.9 Å². The topological polar surface area (TPSA) is 103 Å². The Labute approximate surface area is 187 Å². The molecular formula is C23H26N4O4S. The van der Waals surface area contributed by atoms with Crippen molar-refractivity contribution in [3.63, 3.8) is 0 Å². The molecule has 168 valence electrons. The standard InChI is InChI=1S/C23H26N4O4S/c1-15-4-5-16(2)21(12-15)32(30,31)25-17-6-7-20-18(13-17)19(23(28)29)14-22(24-20)27-10-8-26(3)9-11-27/h4-7,12-14,25H,8-11H2,1-3H3,(H,28,29). The molecule has 9 heteroatoms. The van der Waals surface area contributed by atoms with Gasteiger partial charge < -0.3 is 14.9 Å². The minimum Gasteiger partial charge on any atom is -0.478 e. The van der Waals surface area contributed by atoms with E-state index < -0.39 is 16.0 Å². The van der Waals surface area contributed by atoms with E-state index in [0.717, 1.165) is 31.7 Å². The fourth-order valence-electron chi connectivity index (χ4n) is 3.86. The minimum atomic E-state index is -3.83. The zero-order valence-electron chi connectivity index (χ0n) is 18.3. The third-order valence-corrected chi connectivity index (χ3v) is 7.26. The second kappa shape index (κ2) is 8.40. The SMILES string of the molecule is Cc1ccc(C)c(S(=O)(=O)Nc2ccc3nc(N4CCN(C)CC4)cc(C(=O)O)c3c2)c1. The fourth-order valence-corrected chi connectivity index (χ4v) is 5.24. The normalized spacial score (nSPS) is 15.2. The molecule has 0 bridgehead atoms. The van der Waals surface area contributed by atoms with Crippen LogP contribution in [0, 0.1) is 13.8 Å². The first-order chi connectivity index (χ1) is 15.1. The quantitative estimate of drug-likeness (QED) is 0.611. The number of nitrogens with one attached hydrogen (secondary N) is 1. The number of aryl methyl sites for hydroxylation is 2. The third-order valence-electron chi connectivity index (χ3n) is 5.74. The maximum atomic E-state index is 13.0. The zero-order chi connectivity index (χ0) is 23.0. The molecule has 1 saturated heterocycles. The van der Waals surface area contributed by atoms with Gasteiger partial charge in [-0.2, -0.15) is 0 Å². The number of benzene rings is 2. The molecule has 0 atom stereocenters. The minimum absolute atomic E-state index is 0.0942. The molecule has 3 aromatic rings. The van der Waals surface area contributed by atoms with E-state index in [1.807, 2.05) is 13.0 Å². The van der Waals surface area contributed by atoms with Crippen LogP contribution in [0.4, 0.5) is 11.5 Å². The largest absolute Gasteiger partial charge is 0.478 e. The van der Waals surface area contributed by atoms with Crippen molar-refractivity contribution in [3.8, 4) is 0 Å². The van der Waals surface area contributed by atoms with Crippen LogP contribution in [0.2, 0.25) is 0 Å². The monoisotopic (exact) mass is 454 g/mol. The Morgan fingerprint density at radius 1 is 1.03 bits per heavy atom. The summed E-state index contributed by atoms with van der Waals surface area (Å²) in [5.41, 5.74) is 2.36. The van der Waals surface area contributed by atoms with Crippen LogP contribution in [0.1, 0.15) is 21.5 Å². The first-order valence-electron chi connectivity index (χ1n) is 10.4. The number of aromatic carboxylic acids is 1. The summed E-state index contributed by atoms with van der Waals surface area (Å²) in [6.07, 6.45) is 0. The molecule has 2 heterocycles. The molecule has 1 aliphatic rings. The van der Waals surface area contributed by atoms with Crippen molar-refractivity contribution in [2.75, 3.05) is 42.8 Å². The Bertz CT molecular complexity index is 1300. The van der Waals surface area contributed by atoms with Gasteiger partial charge in [0, 0.05) is 37.3 Å². The van der Waals surface area contributed by atoms with Gasteiger partial charge in [-0.3, -0.25) is 4.72 Å². The van der Waals surface area contributed by atoms with Crippen LogP contribution >= 0.6 is 0 Å². The molecule has 32 heavy (non-hydrogen) atoms. The van der Waals surface area contributed by atoms with Crippen molar-refractivity contribution in [1.29, 1.82) is 0 Å². The maximum Gasteiger partial charge on any atom is 0.336 e. The van der Waals surface area contributed by atoms with Crippen LogP contribution in [-0.2, 0) is 10.0 Å². The van der Waals surface area contributed by atoms with Crippen molar-refractivity contribution < 1.29 is 18.3 Å². The van der Waals surface area contributed by atoms with E-state index in [9.17, 15) is 18.3 Å². The first-order valence-corrected chi connectivity index (χ1v) is 11.8. The number of likely N-dealkylation sites (N-methyl/N-ethyl adjacent to an activating group) is 1. The number of carbonyl (C=O) groups is 1. The highest BCUT2D eigenvalue weighted by Crippen LogP contribution is 2.28. The van der Waals surface area contributed by atoms with Crippen molar-refractivity contribution in [2.24, 2.45) is 0 Å². The summed E-state index contributed by atoms with van der Waals surface area (Å²) >= 11 is 0. The van der Waals surface area contributed by atoms with Crippen molar-refractivity contribution >= 4 is 38.4 Å². The number of hydrogen-bond donors (Lipinski definition) is 2. The van der Waals surface area contributed by atoms with Crippen LogP contribution < -0.4 is 9.62 Å². The molecule has 1 aliphatic heterocycles. The van der Waals surface area contributed by atoms with Crippen LogP contribution in [0.15, 0.2) is 47.4 Å². The summed E-state index contributed by atoms with van der Waals surface area (Å²) in [5, 5.41) is 10.2. The zero-order valence-corrected chi connectivity index (χ0v) is 19.1. The summed E-state index contributed by atoms with van der Waals surface area (Å²) < 4.78 is 28.5. The summed E-state index contributed by atoms with van der Waals surface area (Å²) in [6.45, 7) is 6.85. The number of sulfonamides is 1. The lowest BCUT2D eigenvalue weighted by atomic mass is 10.1. The second-order valence-electron chi connectivity index (χ2n) is 8.23. The molecule has 2 aromatic carbocycles. The lowest BCUT2D eigenvalue weighted by Crippen LogP contribution is -2.44. The number of carboxylic acids is 1. The van der Waals surface area contributed by atoms with E-state index in [2.05, 4.69) is 26.6 Å². The number of aromatic nitrogens is 1. The molecule has 1 fully saturated rings. The number of piperazine rings is 1. The maximum absolute atomic E-state index is 13.0. The van der Waals surface area contributed by atoms with Crippen molar-refractivity contribution in [2.45, 2.75) is 18.7 Å². The summed E-state index contributed by atoms with van der Waals surface area (Å²) in [7, 11) is -1.78. The van der Waals surface area contributed by atoms with Crippen molar-refractivity contribution in [1.82, 2.24) is 9.88 Å². The van der Waals surface area contributed by atoms with Gasteiger partial charge in [0.2, 0.25) is 0 Å². The Hall–Kier alpha value is -3.17. The highest BCUT2D eigenvalue weighted by molar-refractivity contribution is 7.92. The number of nitrogens with zero attached hydrogens (tertiary/aromatic N) is 3. The number of hydrogen-bond acceptors (Lipinski definition) is 6. The molecule has 0 radical (unpaired) electrons. The van der Waals surface area contributed by atoms with Gasteiger partial charge in [0.15, 0.2) is 0 Å². The van der Waals surface area contributed by atoms with Crippen LogP contribution in [0.3, 0.4) is 0 Å². The second-order valence-corrected chi connectivity index (χ2v) is 9.88. The molecule has 1 aromatic heterocycles. The Balaban J connectivity index is 1.72. The molecule has 2 N–H and O–H groups in total. The first kappa shape index (κ1) is 22.0. The van der Waals surface area contributed by atoms with Gasteiger partial charge in [0.25, 0.3) is 10.0 Å². The van der Waals surface area contributed by atoms with Gasteiger partial charge in [-0.15, -0.1) is 0 Å². The predicted octanol–water partition coefficient (Wildman–Crippen LogP) is 3.10. The van der Waals surface area contributed by atoms with E-state index in [1.54, 1.807) is 37.3 Å². The molecule has 0 aliphatic carbocycles. The Morgan fingerprint density at radius 3 is 2.44 bits per heavy atom. The molecule has 0 spiro atoms. The number of fused-ring (bicyclic) bond motifs is 1. The molecule has 0 amide bonds. The molecule has 4 rings (SSSR count). The van der Waals surface area contributed by atoms with Gasteiger partial charge in [0.1, 0.15) is 5.82 Å².